The molecule has 0 aliphatic rings. The van der Waals surface area contributed by atoms with Crippen LogP contribution in [0.3, 0.4) is 0 Å². The van der Waals surface area contributed by atoms with E-state index in [1.165, 1.54) is 12.1 Å². The van der Waals surface area contributed by atoms with Crippen LogP contribution in [0, 0.1) is 6.92 Å². The van der Waals surface area contributed by atoms with E-state index < -0.39 is 6.61 Å². The van der Waals surface area contributed by atoms with Crippen molar-refractivity contribution >= 4 is 22.7 Å². The Balaban J connectivity index is 1.94. The second kappa shape index (κ2) is 5.63. The van der Waals surface area contributed by atoms with E-state index in [0.717, 1.165) is 0 Å². The van der Waals surface area contributed by atoms with Crippen molar-refractivity contribution in [2.45, 2.75) is 20.0 Å². The molecule has 0 amide bonds. The number of ether oxygens (including phenoxy) is 1. The lowest BCUT2D eigenvalue weighted by Crippen LogP contribution is -2.08. The number of fused-ring (bicyclic) bond motifs is 1. The molecule has 23 heavy (non-hydrogen) atoms. The molecule has 4 N–H and O–H groups in total. The highest BCUT2D eigenvalue weighted by Crippen LogP contribution is 2.27. The first-order valence-electron chi connectivity index (χ1n) is 6.53. The zero-order chi connectivity index (χ0) is 16.6. The maximum absolute atomic E-state index is 12.2. The fourth-order valence-electron chi connectivity index (χ4n) is 2.19. The van der Waals surface area contributed by atoms with Crippen LogP contribution in [0.5, 0.6) is 5.75 Å². The summed E-state index contributed by atoms with van der Waals surface area (Å²) in [4.78, 5) is 8.29. The number of nitrogens with two attached hydrogens (primary N) is 2. The summed E-state index contributed by atoms with van der Waals surface area (Å²) < 4.78 is 33.3. The summed E-state index contributed by atoms with van der Waals surface area (Å²) in [5, 5.41) is 7.35. The van der Waals surface area contributed by atoms with Crippen molar-refractivity contribution in [2.24, 2.45) is 0 Å². The van der Waals surface area contributed by atoms with Crippen LogP contribution in [0.2, 0.25) is 0 Å². The molecule has 0 fully saturated rings. The SMILES string of the molecule is Cc1nc2nonc2c(N)c1Cc1ccc(OC(F)F)c(N)n1. The van der Waals surface area contributed by atoms with Gasteiger partial charge in [-0.3, -0.25) is 0 Å². The lowest BCUT2D eigenvalue weighted by molar-refractivity contribution is -0.0495. The highest BCUT2D eigenvalue weighted by atomic mass is 19.3. The van der Waals surface area contributed by atoms with Gasteiger partial charge < -0.3 is 16.2 Å². The van der Waals surface area contributed by atoms with E-state index in [2.05, 4.69) is 29.6 Å². The van der Waals surface area contributed by atoms with Gasteiger partial charge in [0.05, 0.1) is 5.69 Å². The van der Waals surface area contributed by atoms with Gasteiger partial charge in [0, 0.05) is 23.4 Å². The molecule has 0 spiro atoms. The normalized spacial score (nSPS) is 11.3. The minimum absolute atomic E-state index is 0.129. The molecule has 3 rings (SSSR count). The maximum atomic E-state index is 12.2. The highest BCUT2D eigenvalue weighted by Gasteiger charge is 2.16. The van der Waals surface area contributed by atoms with E-state index in [9.17, 15) is 8.78 Å². The molecule has 0 saturated heterocycles. The first-order valence-corrected chi connectivity index (χ1v) is 6.53. The molecule has 3 heterocycles. The third kappa shape index (κ3) is 2.82. The van der Waals surface area contributed by atoms with Gasteiger partial charge in [-0.1, -0.05) is 0 Å². The van der Waals surface area contributed by atoms with Gasteiger partial charge in [0.2, 0.25) is 5.65 Å². The molecule has 0 bridgehead atoms. The third-order valence-corrected chi connectivity index (χ3v) is 3.28. The number of nitrogens with zero attached hydrogens (tertiary/aromatic N) is 4. The van der Waals surface area contributed by atoms with Crippen LogP contribution in [0.15, 0.2) is 16.8 Å². The number of aryl methyl sites for hydroxylation is 1. The van der Waals surface area contributed by atoms with Crippen molar-refractivity contribution in [2.75, 3.05) is 11.5 Å². The van der Waals surface area contributed by atoms with E-state index in [1.54, 1.807) is 6.92 Å². The smallest absolute Gasteiger partial charge is 0.387 e. The molecule has 3 aromatic heterocycles. The summed E-state index contributed by atoms with van der Waals surface area (Å²) in [6.45, 7) is -1.20. The van der Waals surface area contributed by atoms with E-state index in [0.29, 0.717) is 40.2 Å². The summed E-state index contributed by atoms with van der Waals surface area (Å²) >= 11 is 0. The molecule has 0 aromatic carbocycles. The van der Waals surface area contributed by atoms with Crippen molar-refractivity contribution in [3.8, 4) is 5.75 Å². The molecule has 8 nitrogen and oxygen atoms in total. The molecule has 0 atom stereocenters. The van der Waals surface area contributed by atoms with Crippen LogP contribution in [-0.2, 0) is 6.42 Å². The molecule has 0 saturated carbocycles. The summed E-state index contributed by atoms with van der Waals surface area (Å²) in [5.41, 5.74) is 14.6. The Bertz CT molecular complexity index is 867. The third-order valence-electron chi connectivity index (χ3n) is 3.28. The van der Waals surface area contributed by atoms with E-state index in [-0.39, 0.29) is 11.6 Å². The number of hydrogen-bond acceptors (Lipinski definition) is 8. The monoisotopic (exact) mass is 322 g/mol. The van der Waals surface area contributed by atoms with Crippen LogP contribution >= 0.6 is 0 Å². The molecular formula is C13H12F2N6O2. The van der Waals surface area contributed by atoms with E-state index >= 15 is 0 Å². The zero-order valence-corrected chi connectivity index (χ0v) is 12.0. The fraction of sp³-hybridized carbons (Fsp3) is 0.231. The van der Waals surface area contributed by atoms with Gasteiger partial charge in [-0.15, -0.1) is 0 Å². The quantitative estimate of drug-likeness (QED) is 0.743. The number of aromatic nitrogens is 4. The van der Waals surface area contributed by atoms with Crippen molar-refractivity contribution in [1.29, 1.82) is 0 Å². The average molecular weight is 322 g/mol. The second-order valence-electron chi connectivity index (χ2n) is 4.77. The van der Waals surface area contributed by atoms with Crippen LogP contribution in [0.1, 0.15) is 17.0 Å². The van der Waals surface area contributed by atoms with E-state index in [4.69, 9.17) is 11.5 Å². The first kappa shape index (κ1) is 14.9. The molecule has 0 aliphatic heterocycles. The lowest BCUT2D eigenvalue weighted by Gasteiger charge is -2.11. The van der Waals surface area contributed by atoms with Crippen molar-refractivity contribution in [1.82, 2.24) is 20.3 Å². The highest BCUT2D eigenvalue weighted by molar-refractivity contribution is 5.85. The van der Waals surface area contributed by atoms with Crippen molar-refractivity contribution < 1.29 is 18.1 Å². The van der Waals surface area contributed by atoms with Gasteiger partial charge in [-0.05, 0) is 29.4 Å². The molecular weight excluding hydrogens is 310 g/mol. The van der Waals surface area contributed by atoms with Gasteiger partial charge in [0.1, 0.15) is 0 Å². The minimum atomic E-state index is -2.96. The summed E-state index contributed by atoms with van der Waals surface area (Å²) in [7, 11) is 0. The number of anilines is 2. The summed E-state index contributed by atoms with van der Waals surface area (Å²) in [5.74, 6) is -0.307. The number of hydrogen-bond donors (Lipinski definition) is 2. The second-order valence-corrected chi connectivity index (χ2v) is 4.77. The van der Waals surface area contributed by atoms with Gasteiger partial charge >= 0.3 is 6.61 Å². The Morgan fingerprint density at radius 1 is 1.22 bits per heavy atom. The number of pyridine rings is 2. The van der Waals surface area contributed by atoms with Gasteiger partial charge in [-0.2, -0.15) is 8.78 Å². The summed E-state index contributed by atoms with van der Waals surface area (Å²) in [6.07, 6.45) is 0.298. The number of nitrogen functional groups attached to an aromatic ring is 2. The predicted molar refractivity (Wildman–Crippen MR) is 76.8 cm³/mol. The van der Waals surface area contributed by atoms with Crippen LogP contribution < -0.4 is 16.2 Å². The topological polar surface area (TPSA) is 126 Å². The lowest BCUT2D eigenvalue weighted by atomic mass is 10.1. The largest absolute Gasteiger partial charge is 0.431 e. The molecule has 10 heteroatoms. The predicted octanol–water partition coefficient (Wildman–Crippen LogP) is 1.68. The summed E-state index contributed by atoms with van der Waals surface area (Å²) in [6, 6.07) is 2.86. The minimum Gasteiger partial charge on any atom is -0.431 e. The average Bonchev–Trinajstić information content (AvgIpc) is 2.94. The van der Waals surface area contributed by atoms with Crippen LogP contribution in [-0.4, -0.2) is 26.9 Å². The number of alkyl halides is 2. The maximum Gasteiger partial charge on any atom is 0.387 e. The van der Waals surface area contributed by atoms with Crippen molar-refractivity contribution in [3.63, 3.8) is 0 Å². The molecule has 0 radical (unpaired) electrons. The molecule has 0 aliphatic carbocycles. The van der Waals surface area contributed by atoms with Gasteiger partial charge in [0.25, 0.3) is 0 Å². The van der Waals surface area contributed by atoms with Gasteiger partial charge in [-0.25, -0.2) is 14.6 Å². The first-order chi connectivity index (χ1) is 11.0. The number of halogens is 2. The Morgan fingerprint density at radius 2 is 2.00 bits per heavy atom. The van der Waals surface area contributed by atoms with Gasteiger partial charge in [0.15, 0.2) is 17.1 Å². The Kier molecular flexibility index (Phi) is 3.64. The zero-order valence-electron chi connectivity index (χ0n) is 12.0. The van der Waals surface area contributed by atoms with E-state index in [1.807, 2.05) is 0 Å². The molecule has 3 aromatic rings. The number of rotatable bonds is 4. The Morgan fingerprint density at radius 3 is 2.70 bits per heavy atom. The fourth-order valence-corrected chi connectivity index (χ4v) is 2.19. The Labute approximate surface area is 128 Å². The Hall–Kier alpha value is -3.04. The van der Waals surface area contributed by atoms with Crippen LogP contribution in [0.4, 0.5) is 20.3 Å². The molecule has 0 unspecified atom stereocenters. The molecule has 120 valence electrons. The standard InChI is InChI=1S/C13H12F2N6O2/c1-5-7(9(16)10-12(18-5)21-23-20-10)4-6-2-3-8(11(17)19-6)22-13(14)15/h2-3,13H,4,16H2,1H3,(H2,17,19). The van der Waals surface area contributed by atoms with Crippen LogP contribution in [0.25, 0.3) is 11.2 Å². The van der Waals surface area contributed by atoms with Crippen molar-refractivity contribution in [3.05, 3.63) is 29.1 Å².